The third-order valence-electron chi connectivity index (χ3n) is 4.07. The Balaban J connectivity index is 1.73. The van der Waals surface area contributed by atoms with Crippen molar-refractivity contribution in [2.75, 3.05) is 19.1 Å². The summed E-state index contributed by atoms with van der Waals surface area (Å²) in [6, 6.07) is 12.6. The minimum atomic E-state index is -0.504. The van der Waals surface area contributed by atoms with Gasteiger partial charge in [0, 0.05) is 18.9 Å². The number of pyridine rings is 1. The Hall–Kier alpha value is -4.54. The van der Waals surface area contributed by atoms with Gasteiger partial charge in [-0.15, -0.1) is 0 Å². The number of aliphatic imine (C=N–C) groups is 2. The molecule has 1 aromatic carbocycles. The van der Waals surface area contributed by atoms with Crippen molar-refractivity contribution in [1.82, 2.24) is 15.1 Å². The maximum atomic E-state index is 11.5. The molecule has 0 atom stereocenters. The van der Waals surface area contributed by atoms with Gasteiger partial charge in [0.15, 0.2) is 5.84 Å². The van der Waals surface area contributed by atoms with Crippen molar-refractivity contribution in [3.05, 3.63) is 72.4 Å². The number of carbonyl (C=O) groups is 1. The van der Waals surface area contributed by atoms with Gasteiger partial charge in [-0.2, -0.15) is 15.0 Å². The Morgan fingerprint density at radius 2 is 1.90 bits per heavy atom. The van der Waals surface area contributed by atoms with Crippen LogP contribution in [-0.4, -0.2) is 47.0 Å². The number of anilines is 1. The van der Waals surface area contributed by atoms with Crippen LogP contribution in [0.3, 0.4) is 0 Å². The maximum Gasteiger partial charge on any atom is 0.339 e. The first kappa shape index (κ1) is 21.2. The van der Waals surface area contributed by atoms with Gasteiger partial charge in [-0.3, -0.25) is 4.98 Å². The molecule has 0 bridgehead atoms. The predicted molar refractivity (Wildman–Crippen MR) is 115 cm³/mol. The van der Waals surface area contributed by atoms with Crippen LogP contribution in [0.25, 0.3) is 11.6 Å². The highest BCUT2D eigenvalue weighted by Gasteiger charge is 2.15. The number of nitrogens with two attached hydrogens (primary N) is 2. The van der Waals surface area contributed by atoms with E-state index in [1.54, 1.807) is 11.9 Å². The zero-order valence-corrected chi connectivity index (χ0v) is 16.9. The van der Waals surface area contributed by atoms with Crippen LogP contribution in [0.2, 0.25) is 0 Å². The summed E-state index contributed by atoms with van der Waals surface area (Å²) >= 11 is 0. The van der Waals surface area contributed by atoms with Crippen LogP contribution in [-0.2, 0) is 4.74 Å². The number of aromatic nitrogens is 3. The molecular formula is C20H20N8O3. The SMILES string of the molecule is C=C(N=C(N)N=C(N)c1noc(-c2ccc(C(=O)OC)cn2)n1)N(C)c1ccccc1. The molecule has 0 aliphatic carbocycles. The number of methoxy groups -OCH3 is 1. The second kappa shape index (κ2) is 9.31. The van der Waals surface area contributed by atoms with Crippen molar-refractivity contribution in [2.24, 2.45) is 21.5 Å². The molecule has 11 nitrogen and oxygen atoms in total. The Morgan fingerprint density at radius 3 is 2.55 bits per heavy atom. The van der Waals surface area contributed by atoms with Gasteiger partial charge in [0.05, 0.1) is 12.7 Å². The fraction of sp³-hybridized carbons (Fsp3) is 0.100. The van der Waals surface area contributed by atoms with Gasteiger partial charge in [-0.25, -0.2) is 4.79 Å². The number of amidine groups is 1. The highest BCUT2D eigenvalue weighted by atomic mass is 16.5. The molecule has 31 heavy (non-hydrogen) atoms. The van der Waals surface area contributed by atoms with Gasteiger partial charge in [-0.05, 0) is 24.3 Å². The molecule has 0 saturated carbocycles. The molecule has 2 heterocycles. The fourth-order valence-electron chi connectivity index (χ4n) is 2.40. The molecule has 0 amide bonds. The van der Waals surface area contributed by atoms with Crippen LogP contribution < -0.4 is 16.4 Å². The average Bonchev–Trinajstić information content (AvgIpc) is 3.29. The molecule has 0 spiro atoms. The number of para-hydroxylation sites is 1. The summed E-state index contributed by atoms with van der Waals surface area (Å²) < 4.78 is 9.78. The van der Waals surface area contributed by atoms with E-state index >= 15 is 0 Å². The van der Waals surface area contributed by atoms with Crippen LogP contribution in [0.5, 0.6) is 0 Å². The van der Waals surface area contributed by atoms with Crippen LogP contribution in [0, 0.1) is 0 Å². The lowest BCUT2D eigenvalue weighted by Crippen LogP contribution is -2.22. The third kappa shape index (κ3) is 5.09. The Kier molecular flexibility index (Phi) is 6.36. The zero-order chi connectivity index (χ0) is 22.4. The monoisotopic (exact) mass is 420 g/mol. The first-order valence-corrected chi connectivity index (χ1v) is 8.94. The summed E-state index contributed by atoms with van der Waals surface area (Å²) in [5.41, 5.74) is 13.3. The van der Waals surface area contributed by atoms with Gasteiger partial charge >= 0.3 is 5.97 Å². The fourth-order valence-corrected chi connectivity index (χ4v) is 2.40. The number of carbonyl (C=O) groups excluding carboxylic acids is 1. The van der Waals surface area contributed by atoms with Crippen molar-refractivity contribution >= 4 is 23.5 Å². The predicted octanol–water partition coefficient (Wildman–Crippen LogP) is 1.55. The van der Waals surface area contributed by atoms with Crippen molar-refractivity contribution < 1.29 is 14.1 Å². The molecule has 0 aliphatic rings. The van der Waals surface area contributed by atoms with Gasteiger partial charge in [0.2, 0.25) is 11.8 Å². The highest BCUT2D eigenvalue weighted by molar-refractivity contribution is 6.02. The molecule has 0 aliphatic heterocycles. The Morgan fingerprint density at radius 1 is 1.16 bits per heavy atom. The van der Waals surface area contributed by atoms with E-state index in [4.69, 9.17) is 16.0 Å². The largest absolute Gasteiger partial charge is 0.465 e. The maximum absolute atomic E-state index is 11.5. The molecule has 158 valence electrons. The van der Waals surface area contributed by atoms with Crippen LogP contribution in [0.15, 0.2) is 75.6 Å². The number of hydrogen-bond donors (Lipinski definition) is 2. The topological polar surface area (TPSA) is 158 Å². The zero-order valence-electron chi connectivity index (χ0n) is 16.9. The van der Waals surface area contributed by atoms with Crippen molar-refractivity contribution in [1.29, 1.82) is 0 Å². The van der Waals surface area contributed by atoms with Crippen molar-refractivity contribution in [3.63, 3.8) is 0 Å². The van der Waals surface area contributed by atoms with Crippen LogP contribution in [0.1, 0.15) is 16.2 Å². The molecular weight excluding hydrogens is 400 g/mol. The van der Waals surface area contributed by atoms with E-state index < -0.39 is 5.97 Å². The quantitative estimate of drug-likeness (QED) is 0.343. The van der Waals surface area contributed by atoms with E-state index in [1.807, 2.05) is 30.3 Å². The highest BCUT2D eigenvalue weighted by Crippen LogP contribution is 2.17. The smallest absolute Gasteiger partial charge is 0.339 e. The number of rotatable bonds is 6. The molecule has 11 heteroatoms. The molecule has 0 fully saturated rings. The first-order chi connectivity index (χ1) is 14.9. The van der Waals surface area contributed by atoms with E-state index in [0.717, 1.165) is 5.69 Å². The number of ether oxygens (including phenoxy) is 1. The molecule has 0 unspecified atom stereocenters. The summed E-state index contributed by atoms with van der Waals surface area (Å²) in [4.78, 5) is 29.6. The number of nitrogens with zero attached hydrogens (tertiary/aromatic N) is 6. The third-order valence-corrected chi connectivity index (χ3v) is 4.07. The summed E-state index contributed by atoms with van der Waals surface area (Å²) in [7, 11) is 3.08. The number of benzene rings is 1. The lowest BCUT2D eigenvalue weighted by molar-refractivity contribution is 0.0600. The lowest BCUT2D eigenvalue weighted by atomic mass is 10.2. The van der Waals surface area contributed by atoms with Gasteiger partial charge in [-0.1, -0.05) is 29.9 Å². The van der Waals surface area contributed by atoms with E-state index in [-0.39, 0.29) is 29.1 Å². The molecule has 2 aromatic heterocycles. The molecule has 3 rings (SSSR count). The second-order valence-electron chi connectivity index (χ2n) is 6.12. The molecule has 0 radical (unpaired) electrons. The van der Waals surface area contributed by atoms with Crippen molar-refractivity contribution in [3.8, 4) is 11.6 Å². The first-order valence-electron chi connectivity index (χ1n) is 8.94. The standard InChI is InChI=1S/C20H20N8O3/c1-12(28(2)14-7-5-4-6-8-14)24-20(22)25-16(21)17-26-18(31-27-17)15-10-9-13(11-23-15)19(29)30-3/h4-11H,1H2,2-3H3,(H4,21,22,24,25). The number of guanidine groups is 1. The lowest BCUT2D eigenvalue weighted by Gasteiger charge is -2.18. The summed E-state index contributed by atoms with van der Waals surface area (Å²) in [6.07, 6.45) is 1.34. The van der Waals surface area contributed by atoms with E-state index in [9.17, 15) is 4.79 Å². The number of esters is 1. The van der Waals surface area contributed by atoms with E-state index in [0.29, 0.717) is 11.5 Å². The Labute approximate surface area is 177 Å². The van der Waals surface area contributed by atoms with Crippen LogP contribution >= 0.6 is 0 Å². The minimum absolute atomic E-state index is 0.00835. The van der Waals surface area contributed by atoms with Gasteiger partial charge in [0.25, 0.3) is 5.89 Å². The molecule has 0 saturated heterocycles. The summed E-state index contributed by atoms with van der Waals surface area (Å²) in [5, 5.41) is 3.76. The molecule has 4 N–H and O–H groups in total. The normalized spacial score (nSPS) is 11.8. The Bertz CT molecular complexity index is 1140. The minimum Gasteiger partial charge on any atom is -0.465 e. The second-order valence-corrected chi connectivity index (χ2v) is 6.12. The molecule has 3 aromatic rings. The van der Waals surface area contributed by atoms with Gasteiger partial charge in [0.1, 0.15) is 11.5 Å². The van der Waals surface area contributed by atoms with E-state index in [1.165, 1.54) is 25.4 Å². The van der Waals surface area contributed by atoms with E-state index in [2.05, 4.69) is 36.4 Å². The van der Waals surface area contributed by atoms with Crippen LogP contribution in [0.4, 0.5) is 5.69 Å². The van der Waals surface area contributed by atoms with Crippen molar-refractivity contribution in [2.45, 2.75) is 0 Å². The van der Waals surface area contributed by atoms with Gasteiger partial charge < -0.3 is 25.6 Å². The number of hydrogen-bond acceptors (Lipinski definition) is 8. The summed E-state index contributed by atoms with van der Waals surface area (Å²) in [5.74, 6) is -0.267. The summed E-state index contributed by atoms with van der Waals surface area (Å²) in [6.45, 7) is 3.88. The average molecular weight is 420 g/mol.